The van der Waals surface area contributed by atoms with Gasteiger partial charge in [0.15, 0.2) is 0 Å². The first-order valence-corrected chi connectivity index (χ1v) is 8.83. The number of halogens is 1. The molecule has 0 atom stereocenters. The first kappa shape index (κ1) is 17.2. The second kappa shape index (κ2) is 6.95. The molecule has 1 saturated heterocycles. The number of carboxylic acid groups (broad SMARTS) is 1. The lowest BCUT2D eigenvalue weighted by atomic mass is 10.2. The van der Waals surface area contributed by atoms with E-state index in [1.165, 1.54) is 4.31 Å². The first-order chi connectivity index (χ1) is 10.3. The number of sulfonamides is 1. The number of hydrogen-bond donors (Lipinski definition) is 1. The minimum atomic E-state index is -3.62. The number of carbonyl (C=O) groups is 1. The molecule has 0 aliphatic carbocycles. The average Bonchev–Trinajstić information content (AvgIpc) is 2.67. The van der Waals surface area contributed by atoms with Crippen LogP contribution in [0.1, 0.15) is 12.0 Å². The van der Waals surface area contributed by atoms with Gasteiger partial charge in [-0.3, -0.25) is 9.69 Å². The first-order valence-electron chi connectivity index (χ1n) is 7.02. The van der Waals surface area contributed by atoms with E-state index in [1.807, 2.05) is 0 Å². The van der Waals surface area contributed by atoms with E-state index in [0.717, 1.165) is 0 Å². The third kappa shape index (κ3) is 3.78. The molecule has 1 fully saturated rings. The third-order valence-electron chi connectivity index (χ3n) is 3.74. The van der Waals surface area contributed by atoms with Crippen molar-refractivity contribution in [2.24, 2.45) is 0 Å². The Labute approximate surface area is 135 Å². The highest BCUT2D eigenvalue weighted by molar-refractivity contribution is 7.89. The summed E-state index contributed by atoms with van der Waals surface area (Å²) >= 11 is 6.02. The van der Waals surface area contributed by atoms with Crippen LogP contribution in [0.5, 0.6) is 0 Å². The molecule has 0 saturated carbocycles. The summed E-state index contributed by atoms with van der Waals surface area (Å²) in [5.41, 5.74) is 0.538. The van der Waals surface area contributed by atoms with Gasteiger partial charge < -0.3 is 5.11 Å². The molecule has 0 radical (unpaired) electrons. The molecule has 1 N–H and O–H groups in total. The highest BCUT2D eigenvalue weighted by atomic mass is 35.5. The van der Waals surface area contributed by atoms with E-state index < -0.39 is 16.0 Å². The van der Waals surface area contributed by atoms with E-state index in [1.54, 1.807) is 30.0 Å². The van der Waals surface area contributed by atoms with Gasteiger partial charge in [-0.05, 0) is 31.0 Å². The fraction of sp³-hybridized carbons (Fsp3) is 0.500. The van der Waals surface area contributed by atoms with Crippen LogP contribution in [-0.4, -0.2) is 61.4 Å². The SMILES string of the molecule is Cc1c(Cl)cccc1S(=O)(=O)N1CCCN(CC(=O)O)CC1. The van der Waals surface area contributed by atoms with Crippen LogP contribution in [0, 0.1) is 6.92 Å². The van der Waals surface area contributed by atoms with Gasteiger partial charge in [0.1, 0.15) is 0 Å². The van der Waals surface area contributed by atoms with Crippen molar-refractivity contribution in [1.82, 2.24) is 9.21 Å². The molecular formula is C14H19ClN2O4S. The molecule has 0 unspecified atom stereocenters. The Balaban J connectivity index is 2.20. The summed E-state index contributed by atoms with van der Waals surface area (Å²) in [6.45, 7) is 3.26. The Morgan fingerprint density at radius 3 is 2.68 bits per heavy atom. The minimum absolute atomic E-state index is 0.0654. The van der Waals surface area contributed by atoms with Crippen LogP contribution >= 0.6 is 11.6 Å². The summed E-state index contributed by atoms with van der Waals surface area (Å²) in [5.74, 6) is -0.901. The molecule has 6 nitrogen and oxygen atoms in total. The molecule has 1 heterocycles. The van der Waals surface area contributed by atoms with Crippen molar-refractivity contribution in [2.45, 2.75) is 18.2 Å². The monoisotopic (exact) mass is 346 g/mol. The van der Waals surface area contributed by atoms with Crippen molar-refractivity contribution >= 4 is 27.6 Å². The summed E-state index contributed by atoms with van der Waals surface area (Å²) < 4.78 is 27.0. The lowest BCUT2D eigenvalue weighted by molar-refractivity contribution is -0.138. The van der Waals surface area contributed by atoms with Crippen LogP contribution < -0.4 is 0 Å². The molecule has 122 valence electrons. The fourth-order valence-electron chi connectivity index (χ4n) is 2.54. The molecule has 0 bridgehead atoms. The summed E-state index contributed by atoms with van der Waals surface area (Å²) in [5, 5.41) is 9.26. The van der Waals surface area contributed by atoms with Gasteiger partial charge in [0.2, 0.25) is 10.0 Å². The number of rotatable bonds is 4. The van der Waals surface area contributed by atoms with Gasteiger partial charge in [0.25, 0.3) is 0 Å². The summed E-state index contributed by atoms with van der Waals surface area (Å²) in [6, 6.07) is 4.83. The van der Waals surface area contributed by atoms with Gasteiger partial charge in [0, 0.05) is 31.2 Å². The highest BCUT2D eigenvalue weighted by Gasteiger charge is 2.28. The average molecular weight is 347 g/mol. The molecule has 1 aliphatic rings. The van der Waals surface area contributed by atoms with Gasteiger partial charge in [-0.15, -0.1) is 0 Å². The largest absolute Gasteiger partial charge is 0.480 e. The van der Waals surface area contributed by atoms with E-state index >= 15 is 0 Å². The van der Waals surface area contributed by atoms with E-state index in [-0.39, 0.29) is 18.0 Å². The zero-order valence-electron chi connectivity index (χ0n) is 12.3. The molecule has 0 aromatic heterocycles. The predicted molar refractivity (Wildman–Crippen MR) is 83.6 cm³/mol. The van der Waals surface area contributed by atoms with Crippen LogP contribution in [0.3, 0.4) is 0 Å². The Bertz CT molecular complexity index is 663. The topological polar surface area (TPSA) is 77.9 Å². The molecule has 0 amide bonds. The quantitative estimate of drug-likeness (QED) is 0.892. The third-order valence-corrected chi connectivity index (χ3v) is 6.19. The maximum Gasteiger partial charge on any atom is 0.317 e. The van der Waals surface area contributed by atoms with Gasteiger partial charge in [-0.25, -0.2) is 8.42 Å². The van der Waals surface area contributed by atoms with Crippen LogP contribution in [0.25, 0.3) is 0 Å². The number of nitrogens with zero attached hydrogens (tertiary/aromatic N) is 2. The van der Waals surface area contributed by atoms with E-state index in [9.17, 15) is 13.2 Å². The Kier molecular flexibility index (Phi) is 5.44. The Morgan fingerprint density at radius 1 is 1.27 bits per heavy atom. The zero-order valence-corrected chi connectivity index (χ0v) is 13.9. The van der Waals surface area contributed by atoms with Crippen molar-refractivity contribution < 1.29 is 18.3 Å². The number of aliphatic carboxylic acids is 1. The van der Waals surface area contributed by atoms with Crippen LogP contribution in [0.2, 0.25) is 5.02 Å². The van der Waals surface area contributed by atoms with Crippen molar-refractivity contribution in [3.63, 3.8) is 0 Å². The van der Waals surface area contributed by atoms with Crippen molar-refractivity contribution in [2.75, 3.05) is 32.7 Å². The maximum atomic E-state index is 12.8. The normalized spacial score (nSPS) is 18.1. The molecule has 22 heavy (non-hydrogen) atoms. The van der Waals surface area contributed by atoms with Crippen molar-refractivity contribution in [1.29, 1.82) is 0 Å². The van der Waals surface area contributed by atoms with Gasteiger partial charge in [-0.2, -0.15) is 4.31 Å². The van der Waals surface area contributed by atoms with Crippen molar-refractivity contribution in [3.05, 3.63) is 28.8 Å². The molecule has 0 spiro atoms. The Hall–Kier alpha value is -1.15. The molecule has 2 rings (SSSR count). The fourth-order valence-corrected chi connectivity index (χ4v) is 4.49. The minimum Gasteiger partial charge on any atom is -0.480 e. The molecule has 1 aromatic carbocycles. The summed E-state index contributed by atoms with van der Waals surface area (Å²) in [7, 11) is -3.62. The number of hydrogen-bond acceptors (Lipinski definition) is 4. The number of carboxylic acids is 1. The van der Waals surface area contributed by atoms with Gasteiger partial charge in [-0.1, -0.05) is 17.7 Å². The molecule has 1 aliphatic heterocycles. The second-order valence-corrected chi connectivity index (χ2v) is 7.60. The molecular weight excluding hydrogens is 328 g/mol. The number of benzene rings is 1. The maximum absolute atomic E-state index is 12.8. The zero-order chi connectivity index (χ0) is 16.3. The van der Waals surface area contributed by atoms with Crippen LogP contribution in [-0.2, 0) is 14.8 Å². The van der Waals surface area contributed by atoms with Crippen molar-refractivity contribution in [3.8, 4) is 0 Å². The van der Waals surface area contributed by atoms with E-state index in [0.29, 0.717) is 36.6 Å². The van der Waals surface area contributed by atoms with Gasteiger partial charge in [0.05, 0.1) is 11.4 Å². The lowest BCUT2D eigenvalue weighted by Crippen LogP contribution is -2.36. The van der Waals surface area contributed by atoms with E-state index in [2.05, 4.69) is 0 Å². The van der Waals surface area contributed by atoms with Crippen LogP contribution in [0.4, 0.5) is 0 Å². The standard InChI is InChI=1S/C14H19ClN2O4S/c1-11-12(15)4-2-5-13(11)22(20,21)17-7-3-6-16(8-9-17)10-14(18)19/h2,4-5H,3,6-10H2,1H3,(H,18,19). The smallest absolute Gasteiger partial charge is 0.317 e. The van der Waals surface area contributed by atoms with E-state index in [4.69, 9.17) is 16.7 Å². The molecule has 1 aromatic rings. The lowest BCUT2D eigenvalue weighted by Gasteiger charge is -2.22. The van der Waals surface area contributed by atoms with Gasteiger partial charge >= 0.3 is 5.97 Å². The second-order valence-electron chi connectivity index (χ2n) is 5.29. The molecule has 8 heteroatoms. The summed E-state index contributed by atoms with van der Waals surface area (Å²) in [4.78, 5) is 12.7. The Morgan fingerprint density at radius 2 is 2.00 bits per heavy atom. The summed E-state index contributed by atoms with van der Waals surface area (Å²) in [6.07, 6.45) is 0.603. The van der Waals surface area contributed by atoms with Crippen LogP contribution in [0.15, 0.2) is 23.1 Å². The predicted octanol–water partition coefficient (Wildman–Crippen LogP) is 1.43. The highest BCUT2D eigenvalue weighted by Crippen LogP contribution is 2.26.